The third kappa shape index (κ3) is 1.56. The van der Waals surface area contributed by atoms with E-state index in [4.69, 9.17) is 20.9 Å². The van der Waals surface area contributed by atoms with Crippen LogP contribution in [-0.2, 0) is 4.74 Å². The lowest BCUT2D eigenvalue weighted by atomic mass is 9.89. The van der Waals surface area contributed by atoms with E-state index >= 15 is 0 Å². The lowest BCUT2D eigenvalue weighted by Crippen LogP contribution is -2.15. The number of ether oxygens (including phenoxy) is 1. The van der Waals surface area contributed by atoms with Crippen molar-refractivity contribution >= 4 is 11.6 Å². The Morgan fingerprint density at radius 3 is 2.87 bits per heavy atom. The molecule has 2 saturated heterocycles. The van der Waals surface area contributed by atoms with Gasteiger partial charge < -0.3 is 9.26 Å². The van der Waals surface area contributed by atoms with Crippen LogP contribution in [0.1, 0.15) is 49.2 Å². The fourth-order valence-electron chi connectivity index (χ4n) is 2.47. The highest BCUT2D eigenvalue weighted by molar-refractivity contribution is 6.20. The van der Waals surface area contributed by atoms with Crippen molar-refractivity contribution in [2.45, 2.75) is 49.7 Å². The van der Waals surface area contributed by atoms with Crippen molar-refractivity contribution in [2.75, 3.05) is 0 Å². The van der Waals surface area contributed by atoms with Gasteiger partial charge in [-0.3, -0.25) is 0 Å². The number of nitrogens with zero attached hydrogens (tertiary/aromatic N) is 2. The van der Waals surface area contributed by atoms with Crippen LogP contribution in [0, 0.1) is 0 Å². The first-order chi connectivity index (χ1) is 7.24. The molecular weight excluding hydrogens is 216 g/mol. The van der Waals surface area contributed by atoms with Gasteiger partial charge in [0, 0.05) is 0 Å². The molecule has 0 amide bonds. The zero-order valence-corrected chi connectivity index (χ0v) is 9.28. The van der Waals surface area contributed by atoms with Gasteiger partial charge in [0.25, 0.3) is 0 Å². The van der Waals surface area contributed by atoms with Crippen molar-refractivity contribution < 1.29 is 9.26 Å². The van der Waals surface area contributed by atoms with E-state index in [9.17, 15) is 0 Å². The first-order valence-electron chi connectivity index (χ1n) is 5.37. The molecule has 5 heteroatoms. The Labute approximate surface area is 92.9 Å². The molecule has 2 aliphatic heterocycles. The summed E-state index contributed by atoms with van der Waals surface area (Å²) in [5.41, 5.74) is 0. The molecule has 2 fully saturated rings. The third-order valence-electron chi connectivity index (χ3n) is 3.24. The molecule has 0 aliphatic carbocycles. The fraction of sp³-hybridized carbons (Fsp3) is 0.800. The first kappa shape index (κ1) is 9.60. The van der Waals surface area contributed by atoms with E-state index in [1.807, 2.05) is 6.92 Å². The van der Waals surface area contributed by atoms with Crippen LogP contribution in [-0.4, -0.2) is 22.3 Å². The second-order valence-corrected chi connectivity index (χ2v) is 4.98. The maximum atomic E-state index is 5.87. The van der Waals surface area contributed by atoms with Crippen LogP contribution in [0.2, 0.25) is 0 Å². The number of hydrogen-bond acceptors (Lipinski definition) is 4. The first-order valence-corrected chi connectivity index (χ1v) is 5.80. The second-order valence-electron chi connectivity index (χ2n) is 4.32. The number of aromatic nitrogens is 2. The van der Waals surface area contributed by atoms with Gasteiger partial charge in [-0.05, 0) is 26.2 Å². The Morgan fingerprint density at radius 1 is 1.47 bits per heavy atom. The lowest BCUT2D eigenvalue weighted by Gasteiger charge is -2.13. The zero-order chi connectivity index (χ0) is 10.4. The summed E-state index contributed by atoms with van der Waals surface area (Å²) in [7, 11) is 0. The SMILES string of the molecule is CC(Cl)c1nc(C2CC3CCC2O3)no1. The highest BCUT2D eigenvalue weighted by atomic mass is 35.5. The molecule has 1 aromatic rings. The third-order valence-corrected chi connectivity index (χ3v) is 3.42. The van der Waals surface area contributed by atoms with Crippen molar-refractivity contribution in [3.8, 4) is 0 Å². The number of rotatable bonds is 2. The molecule has 0 saturated carbocycles. The van der Waals surface area contributed by atoms with Crippen LogP contribution >= 0.6 is 11.6 Å². The van der Waals surface area contributed by atoms with Crippen LogP contribution in [0.4, 0.5) is 0 Å². The summed E-state index contributed by atoms with van der Waals surface area (Å²) in [6.45, 7) is 1.83. The van der Waals surface area contributed by atoms with Crippen molar-refractivity contribution in [2.24, 2.45) is 0 Å². The summed E-state index contributed by atoms with van der Waals surface area (Å²) < 4.78 is 10.9. The molecule has 0 N–H and O–H groups in total. The Morgan fingerprint density at radius 2 is 2.33 bits per heavy atom. The van der Waals surface area contributed by atoms with Crippen molar-refractivity contribution in [3.05, 3.63) is 11.7 Å². The molecule has 0 spiro atoms. The van der Waals surface area contributed by atoms with Crippen LogP contribution in [0.25, 0.3) is 0 Å². The average molecular weight is 229 g/mol. The van der Waals surface area contributed by atoms with Gasteiger partial charge in [0.05, 0.1) is 18.1 Å². The molecular formula is C10H13ClN2O2. The standard InChI is InChI=1S/C10H13ClN2O2/c1-5(11)10-12-9(13-15-10)7-4-6-2-3-8(7)14-6/h5-8H,2-4H2,1H3. The minimum absolute atomic E-state index is 0.217. The van der Waals surface area contributed by atoms with Gasteiger partial charge in [-0.15, -0.1) is 11.6 Å². The number of fused-ring (bicyclic) bond motifs is 2. The van der Waals surface area contributed by atoms with Crippen LogP contribution in [0.3, 0.4) is 0 Å². The molecule has 2 bridgehead atoms. The normalized spacial score (nSPS) is 36.0. The molecule has 4 unspecified atom stereocenters. The van der Waals surface area contributed by atoms with Crippen LogP contribution in [0.5, 0.6) is 0 Å². The topological polar surface area (TPSA) is 48.2 Å². The van der Waals surface area contributed by atoms with Gasteiger partial charge in [0.15, 0.2) is 5.82 Å². The molecule has 3 heterocycles. The Balaban J connectivity index is 1.81. The number of hydrogen-bond donors (Lipinski definition) is 0. The average Bonchev–Trinajstić information content (AvgIpc) is 2.93. The van der Waals surface area contributed by atoms with Crippen LogP contribution < -0.4 is 0 Å². The van der Waals surface area contributed by atoms with Gasteiger partial charge in [0.1, 0.15) is 5.38 Å². The van der Waals surface area contributed by atoms with Crippen molar-refractivity contribution in [1.29, 1.82) is 0 Å². The fourth-order valence-corrected chi connectivity index (χ4v) is 2.56. The van der Waals surface area contributed by atoms with E-state index < -0.39 is 0 Å². The Hall–Kier alpha value is -0.610. The van der Waals surface area contributed by atoms with E-state index in [0.717, 1.165) is 18.7 Å². The second kappa shape index (κ2) is 3.46. The monoisotopic (exact) mass is 228 g/mol. The quantitative estimate of drug-likeness (QED) is 0.730. The molecule has 4 nitrogen and oxygen atoms in total. The summed E-state index contributed by atoms with van der Waals surface area (Å²) in [5.74, 6) is 1.59. The van der Waals surface area contributed by atoms with Gasteiger partial charge in [0.2, 0.25) is 5.89 Å². The predicted molar refractivity (Wildman–Crippen MR) is 53.8 cm³/mol. The lowest BCUT2D eigenvalue weighted by molar-refractivity contribution is 0.0996. The van der Waals surface area contributed by atoms with Gasteiger partial charge in [-0.25, -0.2) is 0 Å². The molecule has 0 radical (unpaired) electrons. The summed E-state index contributed by atoms with van der Waals surface area (Å²) in [6, 6.07) is 0. The maximum absolute atomic E-state index is 5.87. The van der Waals surface area contributed by atoms with Crippen molar-refractivity contribution in [3.63, 3.8) is 0 Å². The Kier molecular flexibility index (Phi) is 2.21. The molecule has 82 valence electrons. The number of halogens is 1. The molecule has 15 heavy (non-hydrogen) atoms. The van der Waals surface area contributed by atoms with Gasteiger partial charge in [-0.1, -0.05) is 5.16 Å². The summed E-state index contributed by atoms with van der Waals surface area (Å²) >= 11 is 5.87. The Bertz CT molecular complexity index is 366. The minimum Gasteiger partial charge on any atom is -0.374 e. The van der Waals surface area contributed by atoms with Crippen LogP contribution in [0.15, 0.2) is 4.52 Å². The maximum Gasteiger partial charge on any atom is 0.244 e. The summed E-state index contributed by atoms with van der Waals surface area (Å²) in [5, 5.41) is 3.77. The van der Waals surface area contributed by atoms with E-state index in [1.165, 1.54) is 6.42 Å². The van der Waals surface area contributed by atoms with Gasteiger partial charge in [-0.2, -0.15) is 4.98 Å². The van der Waals surface area contributed by atoms with E-state index in [0.29, 0.717) is 24.0 Å². The smallest absolute Gasteiger partial charge is 0.244 e. The predicted octanol–water partition coefficient (Wildman–Crippen LogP) is 2.40. The van der Waals surface area contributed by atoms with Crippen molar-refractivity contribution in [1.82, 2.24) is 10.1 Å². The minimum atomic E-state index is -0.217. The van der Waals surface area contributed by atoms with E-state index in [2.05, 4.69) is 10.1 Å². The summed E-state index contributed by atoms with van der Waals surface area (Å²) in [6.07, 6.45) is 4.04. The summed E-state index contributed by atoms with van der Waals surface area (Å²) in [4.78, 5) is 4.32. The van der Waals surface area contributed by atoms with E-state index in [1.54, 1.807) is 0 Å². The molecule has 1 aromatic heterocycles. The van der Waals surface area contributed by atoms with E-state index in [-0.39, 0.29) is 5.38 Å². The highest BCUT2D eigenvalue weighted by Gasteiger charge is 2.43. The molecule has 0 aromatic carbocycles. The molecule has 2 aliphatic rings. The highest BCUT2D eigenvalue weighted by Crippen LogP contribution is 2.43. The largest absolute Gasteiger partial charge is 0.374 e. The zero-order valence-electron chi connectivity index (χ0n) is 8.52. The van der Waals surface area contributed by atoms with Gasteiger partial charge >= 0.3 is 0 Å². The molecule has 4 atom stereocenters. The number of alkyl halides is 1. The molecule has 3 rings (SSSR count).